The molecule has 1 fully saturated rings. The van der Waals surface area contributed by atoms with Crippen LogP contribution >= 0.6 is 0 Å². The van der Waals surface area contributed by atoms with E-state index in [-0.39, 0.29) is 5.91 Å². The fraction of sp³-hybridized carbons (Fsp3) is 0.353. The third-order valence-corrected chi connectivity index (χ3v) is 4.17. The Labute approximate surface area is 141 Å². The third kappa shape index (κ3) is 3.46. The summed E-state index contributed by atoms with van der Waals surface area (Å²) in [6, 6.07) is 11.0. The summed E-state index contributed by atoms with van der Waals surface area (Å²) < 4.78 is 5.14. The van der Waals surface area contributed by atoms with Crippen LogP contribution in [0.3, 0.4) is 0 Å². The Morgan fingerprint density at radius 1 is 1.17 bits per heavy atom. The van der Waals surface area contributed by atoms with Crippen molar-refractivity contribution >= 4 is 11.9 Å². The molecule has 0 saturated carbocycles. The minimum Gasteiger partial charge on any atom is -0.481 e. The molecule has 0 spiro atoms. The minimum absolute atomic E-state index is 0.327. The van der Waals surface area contributed by atoms with Gasteiger partial charge in [0.25, 0.3) is 0 Å². The van der Waals surface area contributed by atoms with Crippen molar-refractivity contribution in [2.24, 2.45) is 5.73 Å². The van der Waals surface area contributed by atoms with Crippen molar-refractivity contribution in [3.63, 3.8) is 0 Å². The second kappa shape index (κ2) is 7.27. The van der Waals surface area contributed by atoms with Crippen LogP contribution in [0.25, 0.3) is 0 Å². The Kier molecular flexibility index (Phi) is 4.90. The number of hydrogen-bond donors (Lipinski definition) is 1. The molecule has 1 amide bonds. The number of aromatic nitrogens is 2. The first-order valence-electron chi connectivity index (χ1n) is 7.89. The van der Waals surface area contributed by atoms with Gasteiger partial charge in [-0.2, -0.15) is 4.98 Å². The molecule has 0 aliphatic carbocycles. The normalized spacial score (nSPS) is 16.6. The summed E-state index contributed by atoms with van der Waals surface area (Å²) in [6.07, 6.45) is 1.68. The standard InChI is InChI=1S/C17H21N5O2/c1-24-14-7-8-19-17(20-14)22-11-9-21(10-12-22)15(16(18)23)13-5-3-2-4-6-13/h2-8,15H,9-12H2,1H3,(H2,18,23)/t15-/m1/s1. The molecule has 1 aliphatic heterocycles. The molecule has 0 bridgehead atoms. The fourth-order valence-corrected chi connectivity index (χ4v) is 2.97. The molecular weight excluding hydrogens is 306 g/mol. The van der Waals surface area contributed by atoms with Crippen LogP contribution in [0.2, 0.25) is 0 Å². The summed E-state index contributed by atoms with van der Waals surface area (Å²) in [5.74, 6) is 0.860. The number of benzene rings is 1. The van der Waals surface area contributed by atoms with Gasteiger partial charge in [0.05, 0.1) is 7.11 Å². The Morgan fingerprint density at radius 2 is 1.88 bits per heavy atom. The number of amides is 1. The smallest absolute Gasteiger partial charge is 0.239 e. The number of methoxy groups -OCH3 is 1. The summed E-state index contributed by atoms with van der Waals surface area (Å²) in [4.78, 5) is 24.8. The zero-order valence-electron chi connectivity index (χ0n) is 13.6. The maximum Gasteiger partial charge on any atom is 0.239 e. The van der Waals surface area contributed by atoms with E-state index >= 15 is 0 Å². The van der Waals surface area contributed by atoms with E-state index in [0.717, 1.165) is 18.7 Å². The number of nitrogens with two attached hydrogens (primary N) is 1. The van der Waals surface area contributed by atoms with Crippen molar-refractivity contribution < 1.29 is 9.53 Å². The van der Waals surface area contributed by atoms with Gasteiger partial charge in [0, 0.05) is 38.4 Å². The molecule has 7 heteroatoms. The molecule has 1 aliphatic rings. The average molecular weight is 327 g/mol. The molecule has 2 aromatic rings. The molecule has 126 valence electrons. The highest BCUT2D eigenvalue weighted by Gasteiger charge is 2.29. The van der Waals surface area contributed by atoms with E-state index < -0.39 is 6.04 Å². The highest BCUT2D eigenvalue weighted by atomic mass is 16.5. The van der Waals surface area contributed by atoms with Crippen molar-refractivity contribution in [3.8, 4) is 5.88 Å². The van der Waals surface area contributed by atoms with Crippen LogP contribution in [0.5, 0.6) is 5.88 Å². The van der Waals surface area contributed by atoms with Gasteiger partial charge in [-0.3, -0.25) is 9.69 Å². The van der Waals surface area contributed by atoms with E-state index in [1.165, 1.54) is 0 Å². The molecule has 1 aromatic carbocycles. The van der Waals surface area contributed by atoms with Crippen molar-refractivity contribution in [1.29, 1.82) is 0 Å². The molecule has 1 saturated heterocycles. The predicted octanol–water partition coefficient (Wildman–Crippen LogP) is 0.834. The van der Waals surface area contributed by atoms with Crippen molar-refractivity contribution in [2.75, 3.05) is 38.2 Å². The van der Waals surface area contributed by atoms with Crippen LogP contribution in [0.1, 0.15) is 11.6 Å². The maximum absolute atomic E-state index is 12.0. The quantitative estimate of drug-likeness (QED) is 0.876. The number of hydrogen-bond acceptors (Lipinski definition) is 6. The molecule has 1 aromatic heterocycles. The fourth-order valence-electron chi connectivity index (χ4n) is 2.97. The van der Waals surface area contributed by atoms with Crippen molar-refractivity contribution in [2.45, 2.75) is 6.04 Å². The first-order chi connectivity index (χ1) is 11.7. The van der Waals surface area contributed by atoms with Crippen molar-refractivity contribution in [1.82, 2.24) is 14.9 Å². The first kappa shape index (κ1) is 16.2. The van der Waals surface area contributed by atoms with E-state index in [1.807, 2.05) is 30.3 Å². The zero-order valence-corrected chi connectivity index (χ0v) is 13.6. The van der Waals surface area contributed by atoms with Crippen LogP contribution in [0, 0.1) is 0 Å². The van der Waals surface area contributed by atoms with Gasteiger partial charge in [-0.25, -0.2) is 4.98 Å². The molecule has 7 nitrogen and oxygen atoms in total. The molecule has 3 rings (SSSR count). The van der Waals surface area contributed by atoms with E-state index in [0.29, 0.717) is 24.9 Å². The van der Waals surface area contributed by atoms with Gasteiger partial charge in [-0.1, -0.05) is 30.3 Å². The lowest BCUT2D eigenvalue weighted by molar-refractivity contribution is -0.123. The zero-order chi connectivity index (χ0) is 16.9. The van der Waals surface area contributed by atoms with Crippen LogP contribution in [-0.2, 0) is 4.79 Å². The number of carbonyl (C=O) groups is 1. The number of primary amides is 1. The number of nitrogens with zero attached hydrogens (tertiary/aromatic N) is 4. The maximum atomic E-state index is 12.0. The monoisotopic (exact) mass is 327 g/mol. The van der Waals surface area contributed by atoms with E-state index in [4.69, 9.17) is 10.5 Å². The van der Waals surface area contributed by atoms with Gasteiger partial charge >= 0.3 is 0 Å². The Bertz CT molecular complexity index is 686. The lowest BCUT2D eigenvalue weighted by Crippen LogP contribution is -2.50. The van der Waals surface area contributed by atoms with Gasteiger partial charge in [-0.05, 0) is 5.56 Å². The Balaban J connectivity index is 1.70. The number of piperazine rings is 1. The lowest BCUT2D eigenvalue weighted by atomic mass is 10.0. The third-order valence-electron chi connectivity index (χ3n) is 4.17. The van der Waals surface area contributed by atoms with Crippen LogP contribution in [-0.4, -0.2) is 54.1 Å². The summed E-state index contributed by atoms with van der Waals surface area (Å²) in [7, 11) is 1.58. The second-order valence-corrected chi connectivity index (χ2v) is 5.64. The molecule has 2 heterocycles. The Morgan fingerprint density at radius 3 is 2.50 bits per heavy atom. The number of ether oxygens (including phenoxy) is 1. The molecule has 2 N–H and O–H groups in total. The van der Waals surface area contributed by atoms with Gasteiger partial charge in [-0.15, -0.1) is 0 Å². The predicted molar refractivity (Wildman–Crippen MR) is 90.7 cm³/mol. The van der Waals surface area contributed by atoms with E-state index in [2.05, 4.69) is 19.8 Å². The van der Waals surface area contributed by atoms with E-state index in [9.17, 15) is 4.79 Å². The highest BCUT2D eigenvalue weighted by Crippen LogP contribution is 2.23. The van der Waals surface area contributed by atoms with Gasteiger partial charge in [0.2, 0.25) is 17.7 Å². The first-order valence-corrected chi connectivity index (χ1v) is 7.89. The number of rotatable bonds is 5. The highest BCUT2D eigenvalue weighted by molar-refractivity contribution is 5.81. The van der Waals surface area contributed by atoms with Crippen LogP contribution in [0.4, 0.5) is 5.95 Å². The van der Waals surface area contributed by atoms with Gasteiger partial charge < -0.3 is 15.4 Å². The summed E-state index contributed by atoms with van der Waals surface area (Å²) >= 11 is 0. The largest absolute Gasteiger partial charge is 0.481 e. The lowest BCUT2D eigenvalue weighted by Gasteiger charge is -2.38. The Hall–Kier alpha value is -2.67. The number of anilines is 1. The van der Waals surface area contributed by atoms with Crippen LogP contribution in [0.15, 0.2) is 42.6 Å². The molecule has 24 heavy (non-hydrogen) atoms. The van der Waals surface area contributed by atoms with Gasteiger partial charge in [0.1, 0.15) is 6.04 Å². The molecule has 0 radical (unpaired) electrons. The molecule has 1 atom stereocenters. The topological polar surface area (TPSA) is 84.6 Å². The summed E-state index contributed by atoms with van der Waals surface area (Å²) in [5.41, 5.74) is 6.57. The van der Waals surface area contributed by atoms with Crippen LogP contribution < -0.4 is 15.4 Å². The molecular formula is C17H21N5O2. The minimum atomic E-state index is -0.403. The average Bonchev–Trinajstić information content (AvgIpc) is 2.63. The SMILES string of the molecule is COc1ccnc(N2CCN([C@@H](C(N)=O)c3ccccc3)CC2)n1. The van der Waals surface area contributed by atoms with Gasteiger partial charge in [0.15, 0.2) is 0 Å². The van der Waals surface area contributed by atoms with Crippen molar-refractivity contribution in [3.05, 3.63) is 48.2 Å². The second-order valence-electron chi connectivity index (χ2n) is 5.64. The summed E-state index contributed by atoms with van der Waals surface area (Å²) in [5, 5.41) is 0. The number of carbonyl (C=O) groups excluding carboxylic acids is 1. The molecule has 0 unspecified atom stereocenters. The van der Waals surface area contributed by atoms with E-state index in [1.54, 1.807) is 19.4 Å². The summed E-state index contributed by atoms with van der Waals surface area (Å²) in [6.45, 7) is 2.87.